The first-order chi connectivity index (χ1) is 9.61. The Labute approximate surface area is 118 Å². The molecule has 20 heavy (non-hydrogen) atoms. The van der Waals surface area contributed by atoms with Crippen molar-refractivity contribution in [2.45, 2.75) is 25.9 Å². The zero-order valence-electron chi connectivity index (χ0n) is 11.7. The minimum Gasteiger partial charge on any atom is -0.480 e. The van der Waals surface area contributed by atoms with Gasteiger partial charge in [0.1, 0.15) is 6.04 Å². The summed E-state index contributed by atoms with van der Waals surface area (Å²) in [5, 5.41) is 16.8. The van der Waals surface area contributed by atoms with Gasteiger partial charge in [-0.1, -0.05) is 37.3 Å². The molecule has 0 saturated carbocycles. The lowest BCUT2D eigenvalue weighted by Crippen LogP contribution is -2.28. The second kappa shape index (κ2) is 6.34. The first-order valence-electron chi connectivity index (χ1n) is 6.64. The van der Waals surface area contributed by atoms with Crippen LogP contribution in [0.25, 0.3) is 0 Å². The molecular weight excluding hydrogens is 254 g/mol. The number of benzene rings is 1. The quantitative estimate of drug-likeness (QED) is 0.843. The monoisotopic (exact) mass is 273 g/mol. The molecule has 2 rings (SSSR count). The van der Waals surface area contributed by atoms with Crippen LogP contribution in [0.15, 0.2) is 36.5 Å². The molecular formula is C15H19N3O2. The number of carboxylic acid groups (broad SMARTS) is 1. The van der Waals surface area contributed by atoms with Crippen LogP contribution in [0, 0.1) is 0 Å². The SMILES string of the molecule is CCc1nn(C)cc1CNC(C(=O)O)c1ccccc1. The predicted molar refractivity (Wildman–Crippen MR) is 76.2 cm³/mol. The summed E-state index contributed by atoms with van der Waals surface area (Å²) in [7, 11) is 1.87. The number of carbonyl (C=O) groups is 1. The maximum absolute atomic E-state index is 11.4. The van der Waals surface area contributed by atoms with Gasteiger partial charge in [-0.15, -0.1) is 0 Å². The van der Waals surface area contributed by atoms with Crippen molar-refractivity contribution in [3.63, 3.8) is 0 Å². The van der Waals surface area contributed by atoms with E-state index in [1.165, 1.54) is 0 Å². The fourth-order valence-corrected chi connectivity index (χ4v) is 2.23. The van der Waals surface area contributed by atoms with E-state index >= 15 is 0 Å². The molecule has 0 fully saturated rings. The lowest BCUT2D eigenvalue weighted by atomic mass is 10.1. The van der Waals surface area contributed by atoms with E-state index in [-0.39, 0.29) is 0 Å². The van der Waals surface area contributed by atoms with Crippen molar-refractivity contribution in [2.24, 2.45) is 7.05 Å². The normalized spacial score (nSPS) is 12.3. The van der Waals surface area contributed by atoms with Crippen LogP contribution in [0.1, 0.15) is 29.8 Å². The second-order valence-electron chi connectivity index (χ2n) is 4.69. The Kier molecular flexibility index (Phi) is 4.53. The third kappa shape index (κ3) is 3.24. The predicted octanol–water partition coefficient (Wildman–Crippen LogP) is 1.90. The fraction of sp³-hybridized carbons (Fsp3) is 0.333. The highest BCUT2D eigenvalue weighted by molar-refractivity contribution is 5.75. The van der Waals surface area contributed by atoms with E-state index in [2.05, 4.69) is 10.4 Å². The maximum Gasteiger partial charge on any atom is 0.325 e. The van der Waals surface area contributed by atoms with Gasteiger partial charge in [0, 0.05) is 25.4 Å². The van der Waals surface area contributed by atoms with Gasteiger partial charge in [-0.3, -0.25) is 14.8 Å². The standard InChI is InChI=1S/C15H19N3O2/c1-3-13-12(10-18(2)17-13)9-16-14(15(19)20)11-7-5-4-6-8-11/h4-8,10,14,16H,3,9H2,1-2H3,(H,19,20). The van der Waals surface area contributed by atoms with Gasteiger partial charge in [0.2, 0.25) is 0 Å². The molecule has 0 aliphatic heterocycles. The van der Waals surface area contributed by atoms with E-state index in [0.29, 0.717) is 6.54 Å². The lowest BCUT2D eigenvalue weighted by Gasteiger charge is -2.14. The molecule has 1 unspecified atom stereocenters. The fourth-order valence-electron chi connectivity index (χ4n) is 2.23. The molecule has 0 amide bonds. The molecule has 0 saturated heterocycles. The summed E-state index contributed by atoms with van der Waals surface area (Å²) < 4.78 is 1.76. The van der Waals surface area contributed by atoms with Crippen molar-refractivity contribution in [2.75, 3.05) is 0 Å². The number of aromatic nitrogens is 2. The molecule has 5 nitrogen and oxygen atoms in total. The number of aryl methyl sites for hydroxylation is 2. The third-order valence-electron chi connectivity index (χ3n) is 3.20. The molecule has 1 aromatic heterocycles. The van der Waals surface area contributed by atoms with E-state index in [9.17, 15) is 9.90 Å². The molecule has 0 radical (unpaired) electrons. The molecule has 0 spiro atoms. The van der Waals surface area contributed by atoms with Crippen molar-refractivity contribution in [1.82, 2.24) is 15.1 Å². The summed E-state index contributed by atoms with van der Waals surface area (Å²) in [6, 6.07) is 8.48. The number of hydrogen-bond donors (Lipinski definition) is 2. The van der Waals surface area contributed by atoms with Crippen molar-refractivity contribution >= 4 is 5.97 Å². The highest BCUT2D eigenvalue weighted by Crippen LogP contribution is 2.15. The zero-order chi connectivity index (χ0) is 14.5. The van der Waals surface area contributed by atoms with Crippen LogP contribution < -0.4 is 5.32 Å². The average molecular weight is 273 g/mol. The number of nitrogens with one attached hydrogen (secondary N) is 1. The zero-order valence-corrected chi connectivity index (χ0v) is 11.7. The van der Waals surface area contributed by atoms with Gasteiger partial charge >= 0.3 is 5.97 Å². The van der Waals surface area contributed by atoms with Crippen LogP contribution in [-0.4, -0.2) is 20.9 Å². The lowest BCUT2D eigenvalue weighted by molar-refractivity contribution is -0.139. The van der Waals surface area contributed by atoms with Gasteiger partial charge in [0.25, 0.3) is 0 Å². The minimum absolute atomic E-state index is 0.489. The van der Waals surface area contributed by atoms with Crippen LogP contribution in [0.5, 0.6) is 0 Å². The van der Waals surface area contributed by atoms with Gasteiger partial charge in [0.15, 0.2) is 0 Å². The van der Waals surface area contributed by atoms with Gasteiger partial charge in [-0.05, 0) is 12.0 Å². The van der Waals surface area contributed by atoms with Crippen LogP contribution in [0.2, 0.25) is 0 Å². The molecule has 2 N–H and O–H groups in total. The van der Waals surface area contributed by atoms with Crippen molar-refractivity contribution in [3.05, 3.63) is 53.3 Å². The van der Waals surface area contributed by atoms with Gasteiger partial charge in [-0.2, -0.15) is 5.10 Å². The van der Waals surface area contributed by atoms with Crippen LogP contribution in [-0.2, 0) is 24.8 Å². The first-order valence-corrected chi connectivity index (χ1v) is 6.64. The average Bonchev–Trinajstić information content (AvgIpc) is 2.80. The number of rotatable bonds is 6. The molecule has 106 valence electrons. The van der Waals surface area contributed by atoms with Crippen molar-refractivity contribution < 1.29 is 9.90 Å². The Bertz CT molecular complexity index is 578. The Morgan fingerprint density at radius 1 is 1.40 bits per heavy atom. The third-order valence-corrected chi connectivity index (χ3v) is 3.20. The van der Waals surface area contributed by atoms with E-state index in [1.807, 2.05) is 50.5 Å². The van der Waals surface area contributed by atoms with Gasteiger partial charge < -0.3 is 5.11 Å². The highest BCUT2D eigenvalue weighted by Gasteiger charge is 2.19. The molecule has 0 aliphatic carbocycles. The summed E-state index contributed by atoms with van der Waals surface area (Å²) in [4.78, 5) is 11.4. The number of hydrogen-bond acceptors (Lipinski definition) is 3. The summed E-state index contributed by atoms with van der Waals surface area (Å²) in [6.45, 7) is 2.53. The summed E-state index contributed by atoms with van der Waals surface area (Å²) in [5.41, 5.74) is 2.79. The molecule has 1 atom stereocenters. The first kappa shape index (κ1) is 14.3. The van der Waals surface area contributed by atoms with Gasteiger partial charge in [-0.25, -0.2) is 0 Å². The Morgan fingerprint density at radius 2 is 2.10 bits per heavy atom. The summed E-state index contributed by atoms with van der Waals surface area (Å²) in [5.74, 6) is -0.877. The van der Waals surface area contributed by atoms with E-state index in [4.69, 9.17) is 0 Å². The molecule has 2 aromatic rings. The van der Waals surface area contributed by atoms with Crippen molar-refractivity contribution in [3.8, 4) is 0 Å². The topological polar surface area (TPSA) is 67.2 Å². The smallest absolute Gasteiger partial charge is 0.325 e. The molecule has 1 aromatic carbocycles. The van der Waals surface area contributed by atoms with Crippen LogP contribution in [0.4, 0.5) is 0 Å². The van der Waals surface area contributed by atoms with Crippen molar-refractivity contribution in [1.29, 1.82) is 0 Å². The van der Waals surface area contributed by atoms with E-state index in [1.54, 1.807) is 4.68 Å². The van der Waals surface area contributed by atoms with Gasteiger partial charge in [0.05, 0.1) is 5.69 Å². The van der Waals surface area contributed by atoms with Crippen LogP contribution >= 0.6 is 0 Å². The summed E-state index contributed by atoms with van der Waals surface area (Å²) >= 11 is 0. The molecule has 0 bridgehead atoms. The molecule has 1 heterocycles. The largest absolute Gasteiger partial charge is 0.480 e. The molecule has 5 heteroatoms. The maximum atomic E-state index is 11.4. The molecule has 0 aliphatic rings. The van der Waals surface area contributed by atoms with Crippen LogP contribution in [0.3, 0.4) is 0 Å². The second-order valence-corrected chi connectivity index (χ2v) is 4.69. The number of nitrogens with zero attached hydrogens (tertiary/aromatic N) is 2. The number of aliphatic carboxylic acids is 1. The minimum atomic E-state index is -0.877. The Balaban J connectivity index is 2.12. The van der Waals surface area contributed by atoms with E-state index in [0.717, 1.165) is 23.2 Å². The number of carboxylic acids is 1. The van der Waals surface area contributed by atoms with E-state index < -0.39 is 12.0 Å². The Hall–Kier alpha value is -2.14. The summed E-state index contributed by atoms with van der Waals surface area (Å²) in [6.07, 6.45) is 2.76. The highest BCUT2D eigenvalue weighted by atomic mass is 16.4. The Morgan fingerprint density at radius 3 is 2.70 bits per heavy atom.